The van der Waals surface area contributed by atoms with E-state index in [4.69, 9.17) is 21.4 Å². The van der Waals surface area contributed by atoms with Gasteiger partial charge in [0.25, 0.3) is 17.5 Å². The molecular formula is C22H14BrN3O6S. The second kappa shape index (κ2) is 8.96. The Balaban J connectivity index is 1.65. The average Bonchev–Trinajstić information content (AvgIpc) is 3.25. The number of nitro groups is 1. The van der Waals surface area contributed by atoms with Gasteiger partial charge in [-0.25, -0.2) is 0 Å². The molecule has 1 aliphatic rings. The summed E-state index contributed by atoms with van der Waals surface area (Å²) in [4.78, 5) is 37.2. The van der Waals surface area contributed by atoms with Crippen molar-refractivity contribution >= 4 is 62.5 Å². The lowest BCUT2D eigenvalue weighted by atomic mass is 10.1. The first-order valence-corrected chi connectivity index (χ1v) is 10.6. The number of hydrogen-bond donors (Lipinski definition) is 1. The van der Waals surface area contributed by atoms with E-state index >= 15 is 0 Å². The Labute approximate surface area is 200 Å². The number of rotatable bonds is 5. The van der Waals surface area contributed by atoms with Crippen LogP contribution in [0, 0.1) is 10.1 Å². The zero-order valence-corrected chi connectivity index (χ0v) is 19.3. The Morgan fingerprint density at radius 3 is 2.52 bits per heavy atom. The molecule has 0 atom stereocenters. The highest BCUT2D eigenvalue weighted by atomic mass is 79.9. The molecule has 0 bridgehead atoms. The summed E-state index contributed by atoms with van der Waals surface area (Å²) < 4.78 is 11.4. The molecule has 1 aliphatic heterocycles. The van der Waals surface area contributed by atoms with E-state index in [9.17, 15) is 19.7 Å². The lowest BCUT2D eigenvalue weighted by molar-refractivity contribution is -0.384. The average molecular weight is 528 g/mol. The number of amides is 2. The molecule has 0 unspecified atom stereocenters. The highest BCUT2D eigenvalue weighted by Gasteiger charge is 2.34. The number of nitrogens with one attached hydrogen (secondary N) is 1. The summed E-state index contributed by atoms with van der Waals surface area (Å²) in [5.74, 6) is -0.00636. The standard InChI is InChI=1S/C22H14BrN3O6S/c1-31-14-5-2-12(3-6-14)25-21(28)17(20(27)24-22(25)33)11-15-7-9-19(32-15)16-8-4-13(26(29)30)10-18(16)23/h2-11H,1H3,(H,24,27,33)/b17-11-. The Hall–Kier alpha value is -3.83. The summed E-state index contributed by atoms with van der Waals surface area (Å²) >= 11 is 8.49. The number of furan rings is 1. The topological polar surface area (TPSA) is 115 Å². The highest BCUT2D eigenvalue weighted by molar-refractivity contribution is 9.10. The normalized spacial score (nSPS) is 15.0. The number of hydrogen-bond acceptors (Lipinski definition) is 7. The number of halogens is 1. The molecule has 0 saturated carbocycles. The fraction of sp³-hybridized carbons (Fsp3) is 0.0455. The van der Waals surface area contributed by atoms with Crippen LogP contribution in [0.15, 0.2) is 69.1 Å². The van der Waals surface area contributed by atoms with Crippen molar-refractivity contribution < 1.29 is 23.7 Å². The molecule has 0 spiro atoms. The van der Waals surface area contributed by atoms with E-state index < -0.39 is 16.7 Å². The maximum absolute atomic E-state index is 13.1. The van der Waals surface area contributed by atoms with Crippen LogP contribution in [-0.4, -0.2) is 29.0 Å². The number of ether oxygens (including phenoxy) is 1. The van der Waals surface area contributed by atoms with Gasteiger partial charge in [-0.1, -0.05) is 0 Å². The number of anilines is 1. The SMILES string of the molecule is COc1ccc(N2C(=O)/C(=C\c3ccc(-c4ccc([N+](=O)[O-])cc4Br)o3)C(=O)NC2=S)cc1. The summed E-state index contributed by atoms with van der Waals surface area (Å²) in [6, 6.07) is 14.1. The van der Waals surface area contributed by atoms with Crippen LogP contribution in [0.1, 0.15) is 5.76 Å². The minimum Gasteiger partial charge on any atom is -0.497 e. The predicted molar refractivity (Wildman–Crippen MR) is 128 cm³/mol. The van der Waals surface area contributed by atoms with Gasteiger partial charge in [0.05, 0.1) is 17.7 Å². The summed E-state index contributed by atoms with van der Waals surface area (Å²) in [5, 5.41) is 13.4. The number of non-ortho nitro benzene ring substituents is 1. The molecule has 1 N–H and O–H groups in total. The summed E-state index contributed by atoms with van der Waals surface area (Å²) in [6.45, 7) is 0. The summed E-state index contributed by atoms with van der Waals surface area (Å²) in [5.41, 5.74) is 0.805. The summed E-state index contributed by atoms with van der Waals surface area (Å²) in [7, 11) is 1.53. The molecule has 2 aromatic carbocycles. The minimum atomic E-state index is -0.649. The van der Waals surface area contributed by atoms with Gasteiger partial charge in [-0.3, -0.25) is 29.9 Å². The Morgan fingerprint density at radius 1 is 1.15 bits per heavy atom. The molecule has 1 fully saturated rings. The molecule has 0 aliphatic carbocycles. The second-order valence-corrected chi connectivity index (χ2v) is 8.02. The van der Waals surface area contributed by atoms with Crippen molar-refractivity contribution in [1.29, 1.82) is 0 Å². The van der Waals surface area contributed by atoms with Crippen LogP contribution < -0.4 is 15.0 Å². The molecule has 33 heavy (non-hydrogen) atoms. The van der Waals surface area contributed by atoms with E-state index in [0.717, 1.165) is 0 Å². The molecule has 1 aromatic heterocycles. The fourth-order valence-electron chi connectivity index (χ4n) is 3.16. The number of nitro benzene ring substituents is 1. The van der Waals surface area contributed by atoms with Crippen LogP contribution in [0.5, 0.6) is 5.75 Å². The molecule has 0 radical (unpaired) electrons. The molecule has 11 heteroatoms. The quantitative estimate of drug-likeness (QED) is 0.171. The zero-order valence-electron chi connectivity index (χ0n) is 16.9. The lowest BCUT2D eigenvalue weighted by Crippen LogP contribution is -2.54. The number of carbonyl (C=O) groups excluding carboxylic acids is 2. The first-order valence-electron chi connectivity index (χ1n) is 9.38. The largest absolute Gasteiger partial charge is 0.497 e. The minimum absolute atomic E-state index is 0.0396. The molecule has 1 saturated heterocycles. The third-order valence-corrected chi connectivity index (χ3v) is 5.72. The van der Waals surface area contributed by atoms with E-state index in [0.29, 0.717) is 27.2 Å². The van der Waals surface area contributed by atoms with Gasteiger partial charge < -0.3 is 9.15 Å². The van der Waals surface area contributed by atoms with Gasteiger partial charge in [0.2, 0.25) is 0 Å². The van der Waals surface area contributed by atoms with Crippen molar-refractivity contribution in [2.75, 3.05) is 12.0 Å². The van der Waals surface area contributed by atoms with Gasteiger partial charge in [-0.15, -0.1) is 0 Å². The van der Waals surface area contributed by atoms with Crippen molar-refractivity contribution in [3.05, 3.63) is 80.5 Å². The molecular weight excluding hydrogens is 514 g/mol. The van der Waals surface area contributed by atoms with Crippen LogP contribution >= 0.6 is 28.1 Å². The van der Waals surface area contributed by atoms with Gasteiger partial charge in [-0.2, -0.15) is 0 Å². The Kier molecular flexibility index (Phi) is 6.07. The first-order chi connectivity index (χ1) is 15.8. The van der Waals surface area contributed by atoms with Crippen molar-refractivity contribution in [2.24, 2.45) is 0 Å². The van der Waals surface area contributed by atoms with Gasteiger partial charge in [0.15, 0.2) is 5.11 Å². The third kappa shape index (κ3) is 4.41. The van der Waals surface area contributed by atoms with Crippen molar-refractivity contribution in [3.8, 4) is 17.1 Å². The van der Waals surface area contributed by atoms with E-state index in [1.165, 1.54) is 30.2 Å². The number of thiocarbonyl (C=S) groups is 1. The van der Waals surface area contributed by atoms with Crippen LogP contribution in [-0.2, 0) is 9.59 Å². The number of nitrogens with zero attached hydrogens (tertiary/aromatic N) is 2. The zero-order chi connectivity index (χ0) is 23.7. The van der Waals surface area contributed by atoms with Gasteiger partial charge in [0, 0.05) is 22.2 Å². The van der Waals surface area contributed by atoms with Crippen LogP contribution in [0.2, 0.25) is 0 Å². The molecule has 2 amide bonds. The Bertz CT molecular complexity index is 1330. The molecule has 9 nitrogen and oxygen atoms in total. The van der Waals surface area contributed by atoms with Gasteiger partial charge in [-0.05, 0) is 76.7 Å². The maximum atomic E-state index is 13.1. The van der Waals surface area contributed by atoms with E-state index in [2.05, 4.69) is 21.2 Å². The van der Waals surface area contributed by atoms with E-state index in [-0.39, 0.29) is 22.1 Å². The maximum Gasteiger partial charge on any atom is 0.270 e. The van der Waals surface area contributed by atoms with Crippen LogP contribution in [0.3, 0.4) is 0 Å². The fourth-order valence-corrected chi connectivity index (χ4v) is 4.00. The monoisotopic (exact) mass is 527 g/mol. The third-order valence-electron chi connectivity index (χ3n) is 4.77. The van der Waals surface area contributed by atoms with Crippen LogP contribution in [0.4, 0.5) is 11.4 Å². The number of carbonyl (C=O) groups is 2. The number of methoxy groups -OCH3 is 1. The van der Waals surface area contributed by atoms with E-state index in [1.54, 1.807) is 42.5 Å². The second-order valence-electron chi connectivity index (χ2n) is 6.78. The van der Waals surface area contributed by atoms with Crippen LogP contribution in [0.25, 0.3) is 17.4 Å². The van der Waals surface area contributed by atoms with Crippen molar-refractivity contribution in [1.82, 2.24) is 5.32 Å². The highest BCUT2D eigenvalue weighted by Crippen LogP contribution is 2.33. The van der Waals surface area contributed by atoms with Crippen molar-refractivity contribution in [2.45, 2.75) is 0 Å². The predicted octanol–water partition coefficient (Wildman–Crippen LogP) is 4.46. The molecule has 4 rings (SSSR count). The Morgan fingerprint density at radius 2 is 1.88 bits per heavy atom. The van der Waals surface area contributed by atoms with Gasteiger partial charge in [0.1, 0.15) is 22.8 Å². The smallest absolute Gasteiger partial charge is 0.270 e. The summed E-state index contributed by atoms with van der Waals surface area (Å²) in [6.07, 6.45) is 1.32. The van der Waals surface area contributed by atoms with Crippen molar-refractivity contribution in [3.63, 3.8) is 0 Å². The number of benzene rings is 2. The van der Waals surface area contributed by atoms with E-state index in [1.807, 2.05) is 0 Å². The molecule has 3 aromatic rings. The van der Waals surface area contributed by atoms with Gasteiger partial charge >= 0.3 is 0 Å². The molecule has 2 heterocycles. The molecule has 166 valence electrons. The lowest BCUT2D eigenvalue weighted by Gasteiger charge is -2.28. The first kappa shape index (κ1) is 22.4.